The van der Waals surface area contributed by atoms with Crippen LogP contribution in [0.25, 0.3) is 0 Å². The number of hydrogen-bond donors (Lipinski definition) is 0. The van der Waals surface area contributed by atoms with Crippen molar-refractivity contribution < 1.29 is 0 Å². The lowest BCUT2D eigenvalue weighted by Gasteiger charge is -2.39. The third-order valence-corrected chi connectivity index (χ3v) is 4.80. The van der Waals surface area contributed by atoms with Gasteiger partial charge in [-0.3, -0.25) is 0 Å². The maximum absolute atomic E-state index is 2.65. The first-order valence-corrected chi connectivity index (χ1v) is 7.41. The van der Waals surface area contributed by atoms with E-state index in [1.807, 2.05) is 0 Å². The van der Waals surface area contributed by atoms with Crippen LogP contribution in [0.5, 0.6) is 0 Å². The highest BCUT2D eigenvalue weighted by atomic mass is 15.1. The van der Waals surface area contributed by atoms with Gasteiger partial charge >= 0.3 is 0 Å². The number of allylic oxidation sites excluding steroid dienone is 2. The molecule has 0 aromatic carbocycles. The molecule has 0 aromatic heterocycles. The molecule has 0 aromatic rings. The molecule has 1 aliphatic carbocycles. The molecule has 1 aliphatic heterocycles. The number of rotatable bonds is 1. The van der Waals surface area contributed by atoms with Gasteiger partial charge in [0.05, 0.1) is 0 Å². The molecule has 0 amide bonds. The highest BCUT2D eigenvalue weighted by Crippen LogP contribution is 2.38. The molecule has 1 unspecified atom stereocenters. The van der Waals surface area contributed by atoms with Gasteiger partial charge in [-0.15, -0.1) is 0 Å². The summed E-state index contributed by atoms with van der Waals surface area (Å²) in [5.41, 5.74) is 2.13. The van der Waals surface area contributed by atoms with Crippen LogP contribution in [0.4, 0.5) is 0 Å². The smallest absolute Gasteiger partial charge is 0.0177 e. The van der Waals surface area contributed by atoms with E-state index >= 15 is 0 Å². The maximum Gasteiger partial charge on any atom is 0.0177 e. The summed E-state index contributed by atoms with van der Waals surface area (Å²) in [6.45, 7) is 12.2. The summed E-state index contributed by atoms with van der Waals surface area (Å²) in [5.74, 6) is 1.83. The van der Waals surface area contributed by atoms with Crippen LogP contribution in [0.15, 0.2) is 11.8 Å². The van der Waals surface area contributed by atoms with Crippen molar-refractivity contribution in [2.75, 3.05) is 13.1 Å². The van der Waals surface area contributed by atoms with E-state index in [2.05, 4.69) is 38.7 Å². The van der Waals surface area contributed by atoms with Crippen molar-refractivity contribution in [1.82, 2.24) is 4.90 Å². The first-order chi connectivity index (χ1) is 7.97. The highest BCUT2D eigenvalue weighted by Gasteiger charge is 2.28. The van der Waals surface area contributed by atoms with Crippen LogP contribution in [0.3, 0.4) is 0 Å². The van der Waals surface area contributed by atoms with Gasteiger partial charge in [0.25, 0.3) is 0 Å². The molecule has 0 saturated carbocycles. The van der Waals surface area contributed by atoms with E-state index in [-0.39, 0.29) is 0 Å². The average molecular weight is 235 g/mol. The monoisotopic (exact) mass is 235 g/mol. The fourth-order valence-corrected chi connectivity index (χ4v) is 3.19. The summed E-state index contributed by atoms with van der Waals surface area (Å²) >= 11 is 0. The van der Waals surface area contributed by atoms with Crippen LogP contribution in [0.1, 0.15) is 59.8 Å². The second-order valence-electron chi connectivity index (χ2n) is 7.20. The van der Waals surface area contributed by atoms with Crippen LogP contribution in [0, 0.1) is 17.3 Å². The molecule has 98 valence electrons. The Hall–Kier alpha value is -0.460. The second-order valence-corrected chi connectivity index (χ2v) is 7.20. The molecule has 2 rings (SSSR count). The molecule has 0 bridgehead atoms. The lowest BCUT2D eigenvalue weighted by molar-refractivity contribution is 0.187. The molecule has 17 heavy (non-hydrogen) atoms. The van der Waals surface area contributed by atoms with Gasteiger partial charge in [-0.05, 0) is 49.4 Å². The highest BCUT2D eigenvalue weighted by molar-refractivity contribution is 5.07. The summed E-state index contributed by atoms with van der Waals surface area (Å²) < 4.78 is 0. The Kier molecular flexibility index (Phi) is 3.85. The minimum atomic E-state index is 0.485. The van der Waals surface area contributed by atoms with E-state index < -0.39 is 0 Å². The summed E-state index contributed by atoms with van der Waals surface area (Å²) in [6, 6.07) is 0. The molecule has 1 fully saturated rings. The van der Waals surface area contributed by atoms with Crippen LogP contribution in [-0.2, 0) is 0 Å². The molecule has 1 heteroatoms. The van der Waals surface area contributed by atoms with E-state index in [0.717, 1.165) is 11.8 Å². The zero-order chi connectivity index (χ0) is 12.5. The molecule has 2 aliphatic rings. The summed E-state index contributed by atoms with van der Waals surface area (Å²) in [7, 11) is 0. The normalized spacial score (nSPS) is 28.1. The van der Waals surface area contributed by atoms with E-state index in [0.29, 0.717) is 5.41 Å². The van der Waals surface area contributed by atoms with Crippen LogP contribution in [0.2, 0.25) is 0 Å². The van der Waals surface area contributed by atoms with Crippen LogP contribution in [-0.4, -0.2) is 18.0 Å². The van der Waals surface area contributed by atoms with Crippen molar-refractivity contribution in [2.24, 2.45) is 17.3 Å². The third kappa shape index (κ3) is 3.26. The Labute approximate surface area is 107 Å². The first-order valence-electron chi connectivity index (χ1n) is 7.41. The zero-order valence-corrected chi connectivity index (χ0v) is 12.1. The van der Waals surface area contributed by atoms with Crippen molar-refractivity contribution in [2.45, 2.75) is 59.8 Å². The average Bonchev–Trinajstić information content (AvgIpc) is 2.29. The van der Waals surface area contributed by atoms with Gasteiger partial charge in [0, 0.05) is 18.8 Å². The second kappa shape index (κ2) is 5.04. The van der Waals surface area contributed by atoms with Gasteiger partial charge in [-0.2, -0.15) is 0 Å². The Bertz CT molecular complexity index is 276. The van der Waals surface area contributed by atoms with Crippen LogP contribution >= 0.6 is 0 Å². The number of nitrogens with zero attached hydrogens (tertiary/aromatic N) is 1. The molecule has 0 N–H and O–H groups in total. The Morgan fingerprint density at radius 2 is 1.76 bits per heavy atom. The van der Waals surface area contributed by atoms with Gasteiger partial charge in [0.1, 0.15) is 0 Å². The molecular weight excluding hydrogens is 206 g/mol. The summed E-state index contributed by atoms with van der Waals surface area (Å²) in [4.78, 5) is 2.65. The SMILES string of the molecule is CC1CCN(C2=CCC(C(C)(C)C)CC2)CC1. The molecule has 1 atom stereocenters. The molecular formula is C16H29N. The number of hydrogen-bond acceptors (Lipinski definition) is 1. The zero-order valence-electron chi connectivity index (χ0n) is 12.1. The molecule has 0 spiro atoms. The lowest BCUT2D eigenvalue weighted by Crippen LogP contribution is -2.34. The van der Waals surface area contributed by atoms with E-state index in [1.54, 1.807) is 5.70 Å². The summed E-state index contributed by atoms with van der Waals surface area (Å²) in [5, 5.41) is 0. The topological polar surface area (TPSA) is 3.24 Å². The van der Waals surface area contributed by atoms with E-state index in [9.17, 15) is 0 Å². The Morgan fingerprint density at radius 1 is 1.12 bits per heavy atom. The van der Waals surface area contributed by atoms with Crippen molar-refractivity contribution in [3.8, 4) is 0 Å². The number of piperidine rings is 1. The van der Waals surface area contributed by atoms with Crippen molar-refractivity contribution >= 4 is 0 Å². The molecule has 1 nitrogen and oxygen atoms in total. The maximum atomic E-state index is 2.65. The fraction of sp³-hybridized carbons (Fsp3) is 0.875. The van der Waals surface area contributed by atoms with Crippen molar-refractivity contribution in [1.29, 1.82) is 0 Å². The Morgan fingerprint density at radius 3 is 2.24 bits per heavy atom. The van der Waals surface area contributed by atoms with E-state index in [4.69, 9.17) is 0 Å². The minimum absolute atomic E-state index is 0.485. The van der Waals surface area contributed by atoms with Crippen molar-refractivity contribution in [3.63, 3.8) is 0 Å². The van der Waals surface area contributed by atoms with Gasteiger partial charge < -0.3 is 4.90 Å². The predicted molar refractivity (Wildman–Crippen MR) is 74.9 cm³/mol. The van der Waals surface area contributed by atoms with Gasteiger partial charge in [-0.1, -0.05) is 33.8 Å². The van der Waals surface area contributed by atoms with E-state index in [1.165, 1.54) is 45.2 Å². The standard InChI is InChI=1S/C16H29N/c1-13-9-11-17(12-10-13)15-7-5-14(6-8-15)16(2,3)4/h7,13-14H,5-6,8-12H2,1-4H3. The predicted octanol–water partition coefficient (Wildman–Crippen LogP) is 4.45. The van der Waals surface area contributed by atoms with Gasteiger partial charge in [0.2, 0.25) is 0 Å². The Balaban J connectivity index is 1.90. The third-order valence-electron chi connectivity index (χ3n) is 4.80. The largest absolute Gasteiger partial charge is 0.375 e. The van der Waals surface area contributed by atoms with Gasteiger partial charge in [0.15, 0.2) is 0 Å². The molecule has 0 radical (unpaired) electrons. The fourth-order valence-electron chi connectivity index (χ4n) is 3.19. The van der Waals surface area contributed by atoms with Gasteiger partial charge in [-0.25, -0.2) is 0 Å². The lowest BCUT2D eigenvalue weighted by atomic mass is 9.73. The quantitative estimate of drug-likeness (QED) is 0.649. The van der Waals surface area contributed by atoms with Crippen molar-refractivity contribution in [3.05, 3.63) is 11.8 Å². The first kappa shape index (κ1) is 13.0. The molecule has 1 heterocycles. The molecule has 1 saturated heterocycles. The number of likely N-dealkylation sites (tertiary alicyclic amines) is 1. The van der Waals surface area contributed by atoms with Crippen LogP contribution < -0.4 is 0 Å². The summed E-state index contributed by atoms with van der Waals surface area (Å²) in [6.07, 6.45) is 9.32. The minimum Gasteiger partial charge on any atom is -0.375 e.